The van der Waals surface area contributed by atoms with E-state index in [1.807, 2.05) is 0 Å². The van der Waals surface area contributed by atoms with E-state index < -0.39 is 16.8 Å². The lowest BCUT2D eigenvalue weighted by Crippen LogP contribution is -2.37. The van der Waals surface area contributed by atoms with E-state index in [9.17, 15) is 8.78 Å². The highest BCUT2D eigenvalue weighted by Crippen LogP contribution is 2.84. The Bertz CT molecular complexity index is 239. The van der Waals surface area contributed by atoms with Gasteiger partial charge in [0.15, 0.2) is 0 Å². The van der Waals surface area contributed by atoms with E-state index in [2.05, 4.69) is 5.32 Å². The van der Waals surface area contributed by atoms with E-state index in [1.165, 1.54) is 0 Å². The van der Waals surface area contributed by atoms with Crippen LogP contribution in [0.5, 0.6) is 0 Å². The molecule has 3 fully saturated rings. The lowest BCUT2D eigenvalue weighted by atomic mass is 9.73. The number of rotatable bonds is 0. The summed E-state index contributed by atoms with van der Waals surface area (Å²) < 4.78 is 27.5. The van der Waals surface area contributed by atoms with Crippen LogP contribution in [0.4, 0.5) is 8.78 Å². The number of hydrogen-bond donors (Lipinski definition) is 1. The van der Waals surface area contributed by atoms with Crippen LogP contribution < -0.4 is 5.32 Å². The summed E-state index contributed by atoms with van der Waals surface area (Å²) in [5.41, 5.74) is -1.19. The summed E-state index contributed by atoms with van der Waals surface area (Å²) in [6.07, 6.45) is 4.21. The van der Waals surface area contributed by atoms with Gasteiger partial charge in [-0.1, -0.05) is 6.42 Å². The van der Waals surface area contributed by atoms with Crippen LogP contribution in [0.25, 0.3) is 0 Å². The minimum Gasteiger partial charge on any atom is -0.316 e. The average Bonchev–Trinajstić information content (AvgIpc) is 2.43. The topological polar surface area (TPSA) is 12.0 Å². The maximum absolute atomic E-state index is 13.7. The van der Waals surface area contributed by atoms with Gasteiger partial charge in [-0.2, -0.15) is 0 Å². The molecule has 1 saturated heterocycles. The van der Waals surface area contributed by atoms with E-state index in [-0.39, 0.29) is 0 Å². The molecule has 1 atom stereocenters. The molecule has 0 radical (unpaired) electrons. The third kappa shape index (κ3) is 0.622. The molecule has 0 bridgehead atoms. The van der Waals surface area contributed by atoms with Crippen molar-refractivity contribution in [1.82, 2.24) is 5.32 Å². The van der Waals surface area contributed by atoms with Crippen LogP contribution in [-0.2, 0) is 0 Å². The number of halogens is 2. The predicted molar refractivity (Wildman–Crippen MR) is 45.8 cm³/mol. The van der Waals surface area contributed by atoms with Crippen molar-refractivity contribution in [3.8, 4) is 0 Å². The van der Waals surface area contributed by atoms with Gasteiger partial charge in [0.2, 0.25) is 0 Å². The molecule has 13 heavy (non-hydrogen) atoms. The zero-order chi connectivity index (χ0) is 9.16. The van der Waals surface area contributed by atoms with E-state index >= 15 is 0 Å². The Morgan fingerprint density at radius 2 is 1.62 bits per heavy atom. The Morgan fingerprint density at radius 3 is 2.00 bits per heavy atom. The van der Waals surface area contributed by atoms with Crippen LogP contribution in [0.2, 0.25) is 0 Å². The molecule has 1 aliphatic heterocycles. The minimum absolute atomic E-state index is 0.556. The van der Waals surface area contributed by atoms with Gasteiger partial charge < -0.3 is 5.32 Å². The van der Waals surface area contributed by atoms with Crippen LogP contribution in [0.3, 0.4) is 0 Å². The van der Waals surface area contributed by atoms with Gasteiger partial charge >= 0.3 is 0 Å². The molecule has 3 aliphatic rings. The molecule has 0 aromatic heterocycles. The molecule has 2 spiro atoms. The molecule has 2 saturated carbocycles. The second-order valence-electron chi connectivity index (χ2n) is 4.87. The summed E-state index contributed by atoms with van der Waals surface area (Å²) in [7, 11) is 0. The van der Waals surface area contributed by atoms with Gasteiger partial charge in [-0.3, -0.25) is 0 Å². The van der Waals surface area contributed by atoms with Crippen molar-refractivity contribution in [2.24, 2.45) is 10.8 Å². The minimum atomic E-state index is -2.36. The maximum atomic E-state index is 13.7. The van der Waals surface area contributed by atoms with E-state index in [0.29, 0.717) is 6.54 Å². The molecule has 3 rings (SSSR count). The first kappa shape index (κ1) is 8.16. The van der Waals surface area contributed by atoms with Crippen molar-refractivity contribution < 1.29 is 8.78 Å². The molecule has 3 heteroatoms. The number of hydrogen-bond acceptors (Lipinski definition) is 1. The van der Waals surface area contributed by atoms with Gasteiger partial charge in [-0.25, -0.2) is 8.78 Å². The normalized spacial score (nSPS) is 44.8. The maximum Gasteiger partial charge on any atom is 0.261 e. The Kier molecular flexibility index (Phi) is 1.30. The molecule has 0 amide bonds. The molecule has 1 nitrogen and oxygen atoms in total. The Morgan fingerprint density at radius 1 is 0.923 bits per heavy atom. The molecule has 2 aliphatic carbocycles. The van der Waals surface area contributed by atoms with Gasteiger partial charge in [0.1, 0.15) is 0 Å². The van der Waals surface area contributed by atoms with Crippen LogP contribution >= 0.6 is 0 Å². The van der Waals surface area contributed by atoms with Crippen molar-refractivity contribution in [3.63, 3.8) is 0 Å². The molecule has 0 aromatic carbocycles. The van der Waals surface area contributed by atoms with Gasteiger partial charge in [-0.05, 0) is 32.2 Å². The number of fused-ring (bicyclic) bond motifs is 1. The van der Waals surface area contributed by atoms with Crippen LogP contribution in [0.15, 0.2) is 0 Å². The predicted octanol–water partition coefficient (Wildman–Crippen LogP) is 2.18. The van der Waals surface area contributed by atoms with Crippen LogP contribution in [0.1, 0.15) is 32.1 Å². The van der Waals surface area contributed by atoms with Gasteiger partial charge in [0, 0.05) is 12.0 Å². The average molecular weight is 187 g/mol. The summed E-state index contributed by atoms with van der Waals surface area (Å²) in [6, 6.07) is 0. The fourth-order valence-corrected chi connectivity index (χ4v) is 3.65. The second kappa shape index (κ2) is 2.08. The number of piperidine rings is 1. The first-order valence-corrected chi connectivity index (χ1v) is 5.25. The van der Waals surface area contributed by atoms with Gasteiger partial charge in [0.05, 0.1) is 5.41 Å². The standard InChI is InChI=1S/C10H15F2N/c11-10(12)8(3-1-4-8)9(10)5-2-6-13-7-9/h13H,1-7H2. The van der Waals surface area contributed by atoms with Crippen LogP contribution in [0, 0.1) is 10.8 Å². The first-order valence-electron chi connectivity index (χ1n) is 5.25. The molecular weight excluding hydrogens is 172 g/mol. The highest BCUT2D eigenvalue weighted by atomic mass is 19.3. The summed E-state index contributed by atoms with van der Waals surface area (Å²) in [5, 5.41) is 3.14. The lowest BCUT2D eigenvalue weighted by molar-refractivity contribution is 0.0204. The van der Waals surface area contributed by atoms with Crippen molar-refractivity contribution in [3.05, 3.63) is 0 Å². The molecule has 74 valence electrons. The van der Waals surface area contributed by atoms with E-state index in [4.69, 9.17) is 0 Å². The Labute approximate surface area is 76.9 Å². The zero-order valence-corrected chi connectivity index (χ0v) is 7.71. The Hall–Kier alpha value is -0.180. The van der Waals surface area contributed by atoms with Crippen molar-refractivity contribution in [2.45, 2.75) is 38.0 Å². The molecule has 1 heterocycles. The largest absolute Gasteiger partial charge is 0.316 e. The third-order valence-electron chi connectivity index (χ3n) is 4.65. The smallest absolute Gasteiger partial charge is 0.261 e. The zero-order valence-electron chi connectivity index (χ0n) is 7.71. The van der Waals surface area contributed by atoms with Crippen molar-refractivity contribution in [2.75, 3.05) is 13.1 Å². The number of nitrogens with one attached hydrogen (secondary N) is 1. The SMILES string of the molecule is FC1(F)C2(CCC2)C12CCCNC2. The Balaban J connectivity index is 1.91. The summed E-state index contributed by atoms with van der Waals surface area (Å²) in [6.45, 7) is 1.48. The third-order valence-corrected chi connectivity index (χ3v) is 4.65. The van der Waals surface area contributed by atoms with Crippen molar-refractivity contribution >= 4 is 0 Å². The van der Waals surface area contributed by atoms with Gasteiger partial charge in [-0.15, -0.1) is 0 Å². The van der Waals surface area contributed by atoms with Crippen molar-refractivity contribution in [1.29, 1.82) is 0 Å². The molecule has 0 aromatic rings. The first-order chi connectivity index (χ1) is 6.16. The lowest BCUT2D eigenvalue weighted by Gasteiger charge is -2.32. The second-order valence-corrected chi connectivity index (χ2v) is 4.87. The molecule has 1 N–H and O–H groups in total. The highest BCUT2D eigenvalue weighted by Gasteiger charge is 2.90. The molecular formula is C10H15F2N. The number of alkyl halides is 2. The summed E-state index contributed by atoms with van der Waals surface area (Å²) >= 11 is 0. The van der Waals surface area contributed by atoms with Gasteiger partial charge in [0.25, 0.3) is 5.92 Å². The molecule has 1 unspecified atom stereocenters. The highest BCUT2D eigenvalue weighted by molar-refractivity contribution is 5.32. The van der Waals surface area contributed by atoms with E-state index in [1.54, 1.807) is 0 Å². The fraction of sp³-hybridized carbons (Fsp3) is 1.00. The van der Waals surface area contributed by atoms with Crippen LogP contribution in [-0.4, -0.2) is 19.0 Å². The summed E-state index contributed by atoms with van der Waals surface area (Å²) in [5.74, 6) is -2.36. The summed E-state index contributed by atoms with van der Waals surface area (Å²) in [4.78, 5) is 0. The quantitative estimate of drug-likeness (QED) is 0.613. The van der Waals surface area contributed by atoms with E-state index in [0.717, 1.165) is 38.6 Å². The monoisotopic (exact) mass is 187 g/mol. The fourth-order valence-electron chi connectivity index (χ4n) is 3.65.